The smallest absolute Gasteiger partial charge is 0.162 e. The van der Waals surface area contributed by atoms with Gasteiger partial charge in [0.2, 0.25) is 0 Å². The molecule has 1 aliphatic heterocycles. The first-order valence-corrected chi connectivity index (χ1v) is 5.28. The first kappa shape index (κ1) is 8.79. The minimum absolute atomic E-state index is 0.342. The molecule has 68 valence electrons. The Bertz CT molecular complexity index is 349. The predicted octanol–water partition coefficient (Wildman–Crippen LogP) is 2.27. The molecular weight excluding hydrogens is 206 g/mol. The highest BCUT2D eigenvalue weighted by Crippen LogP contribution is 2.32. The molecule has 0 aliphatic carbocycles. The van der Waals surface area contributed by atoms with Crippen molar-refractivity contribution in [1.29, 1.82) is 5.26 Å². The van der Waals surface area contributed by atoms with Crippen molar-refractivity contribution in [3.05, 3.63) is 10.7 Å². The zero-order valence-corrected chi connectivity index (χ0v) is 8.53. The van der Waals surface area contributed by atoms with E-state index in [1.807, 2.05) is 0 Å². The first-order chi connectivity index (χ1) is 6.33. The van der Waals surface area contributed by atoms with Gasteiger partial charge >= 0.3 is 0 Å². The maximum Gasteiger partial charge on any atom is 0.162 e. The maximum atomic E-state index is 8.85. The lowest BCUT2D eigenvalue weighted by Crippen LogP contribution is -2.17. The number of rotatable bonds is 1. The second-order valence-electron chi connectivity index (χ2n) is 2.96. The monoisotopic (exact) mass is 213 g/mol. The maximum absolute atomic E-state index is 8.85. The van der Waals surface area contributed by atoms with Crippen LogP contribution in [0.4, 0.5) is 5.00 Å². The highest BCUT2D eigenvalue weighted by atomic mass is 35.5. The van der Waals surface area contributed by atoms with Crippen LogP contribution >= 0.6 is 23.1 Å². The highest BCUT2D eigenvalue weighted by Gasteiger charge is 2.20. The van der Waals surface area contributed by atoms with E-state index in [1.165, 1.54) is 24.4 Å². The molecule has 3 nitrogen and oxygen atoms in total. The number of anilines is 1. The van der Waals surface area contributed by atoms with Gasteiger partial charge in [0, 0.05) is 13.1 Å². The Kier molecular flexibility index (Phi) is 2.38. The average Bonchev–Trinajstić information content (AvgIpc) is 2.71. The summed E-state index contributed by atoms with van der Waals surface area (Å²) in [5.74, 6) is 0. The topological polar surface area (TPSA) is 39.9 Å². The molecule has 0 atom stereocenters. The van der Waals surface area contributed by atoms with Gasteiger partial charge < -0.3 is 4.90 Å². The Morgan fingerprint density at radius 2 is 2.15 bits per heavy atom. The Hall–Kier alpha value is -0.790. The second kappa shape index (κ2) is 3.52. The molecule has 1 aromatic heterocycles. The zero-order chi connectivity index (χ0) is 9.26. The summed E-state index contributed by atoms with van der Waals surface area (Å²) in [7, 11) is 0. The van der Waals surface area contributed by atoms with Crippen LogP contribution in [0.1, 0.15) is 18.4 Å². The van der Waals surface area contributed by atoms with Crippen molar-refractivity contribution in [3.63, 3.8) is 0 Å². The minimum Gasteiger partial charge on any atom is -0.361 e. The fourth-order valence-electron chi connectivity index (χ4n) is 1.49. The van der Waals surface area contributed by atoms with Gasteiger partial charge in [0.15, 0.2) is 5.15 Å². The van der Waals surface area contributed by atoms with Gasteiger partial charge in [0.25, 0.3) is 0 Å². The third-order valence-corrected chi connectivity index (χ3v) is 3.42. The SMILES string of the molecule is N#Cc1c(Cl)nsc1N1CCCC1. The van der Waals surface area contributed by atoms with Crippen LogP contribution in [0.5, 0.6) is 0 Å². The van der Waals surface area contributed by atoms with Crippen molar-refractivity contribution < 1.29 is 0 Å². The van der Waals surface area contributed by atoms with Crippen LogP contribution in [0, 0.1) is 11.3 Å². The molecule has 1 fully saturated rings. The summed E-state index contributed by atoms with van der Waals surface area (Å²) in [5, 5.41) is 10.1. The van der Waals surface area contributed by atoms with Gasteiger partial charge in [0.1, 0.15) is 16.6 Å². The van der Waals surface area contributed by atoms with Crippen molar-refractivity contribution in [1.82, 2.24) is 4.37 Å². The summed E-state index contributed by atoms with van der Waals surface area (Å²) in [4.78, 5) is 2.18. The Morgan fingerprint density at radius 1 is 1.46 bits per heavy atom. The number of hydrogen-bond donors (Lipinski definition) is 0. The lowest BCUT2D eigenvalue weighted by atomic mass is 10.3. The molecule has 13 heavy (non-hydrogen) atoms. The van der Waals surface area contributed by atoms with Crippen LogP contribution in [0.25, 0.3) is 0 Å². The number of hydrogen-bond acceptors (Lipinski definition) is 4. The highest BCUT2D eigenvalue weighted by molar-refractivity contribution is 7.10. The Labute approximate surface area is 85.7 Å². The lowest BCUT2D eigenvalue weighted by molar-refractivity contribution is 0.949. The van der Waals surface area contributed by atoms with Gasteiger partial charge in [-0.15, -0.1) is 0 Å². The molecule has 1 saturated heterocycles. The van der Waals surface area contributed by atoms with E-state index in [9.17, 15) is 0 Å². The van der Waals surface area contributed by atoms with Gasteiger partial charge in [-0.3, -0.25) is 0 Å². The van der Waals surface area contributed by atoms with Crippen molar-refractivity contribution in [2.24, 2.45) is 0 Å². The Morgan fingerprint density at radius 3 is 2.77 bits per heavy atom. The van der Waals surface area contributed by atoms with E-state index in [4.69, 9.17) is 16.9 Å². The number of nitrogens with zero attached hydrogens (tertiary/aromatic N) is 3. The Balaban J connectivity index is 2.34. The van der Waals surface area contributed by atoms with Crippen molar-refractivity contribution in [3.8, 4) is 6.07 Å². The molecule has 2 rings (SSSR count). The van der Waals surface area contributed by atoms with E-state index in [2.05, 4.69) is 15.3 Å². The molecule has 1 aromatic rings. The molecule has 0 amide bonds. The minimum atomic E-state index is 0.342. The van der Waals surface area contributed by atoms with E-state index in [1.54, 1.807) is 0 Å². The summed E-state index contributed by atoms with van der Waals surface area (Å²) in [6.07, 6.45) is 2.39. The summed E-state index contributed by atoms with van der Waals surface area (Å²) in [5.41, 5.74) is 0.536. The largest absolute Gasteiger partial charge is 0.361 e. The van der Waals surface area contributed by atoms with E-state index >= 15 is 0 Å². The van der Waals surface area contributed by atoms with Crippen molar-refractivity contribution in [2.75, 3.05) is 18.0 Å². The fraction of sp³-hybridized carbons (Fsp3) is 0.500. The van der Waals surface area contributed by atoms with Crippen LogP contribution in [-0.2, 0) is 0 Å². The normalized spacial score (nSPS) is 16.2. The van der Waals surface area contributed by atoms with Crippen molar-refractivity contribution in [2.45, 2.75) is 12.8 Å². The van der Waals surface area contributed by atoms with Gasteiger partial charge in [-0.05, 0) is 24.4 Å². The molecule has 0 saturated carbocycles. The zero-order valence-electron chi connectivity index (χ0n) is 6.96. The van der Waals surface area contributed by atoms with Gasteiger partial charge in [-0.1, -0.05) is 11.6 Å². The van der Waals surface area contributed by atoms with E-state index in [-0.39, 0.29) is 0 Å². The van der Waals surface area contributed by atoms with E-state index < -0.39 is 0 Å². The molecule has 0 spiro atoms. The summed E-state index contributed by atoms with van der Waals surface area (Å²) < 4.78 is 3.97. The van der Waals surface area contributed by atoms with Crippen LogP contribution in [0.15, 0.2) is 0 Å². The molecule has 0 aromatic carbocycles. The molecule has 0 N–H and O–H groups in total. The first-order valence-electron chi connectivity index (χ1n) is 4.13. The summed E-state index contributed by atoms with van der Waals surface area (Å²) in [6.45, 7) is 2.04. The molecule has 0 radical (unpaired) electrons. The number of halogens is 1. The molecule has 0 bridgehead atoms. The lowest BCUT2D eigenvalue weighted by Gasteiger charge is -2.13. The third kappa shape index (κ3) is 1.50. The summed E-state index contributed by atoms with van der Waals surface area (Å²) >= 11 is 7.09. The predicted molar refractivity (Wildman–Crippen MR) is 53.3 cm³/mol. The number of nitriles is 1. The standard InChI is InChI=1S/C8H8ClN3S/c9-7-6(5-10)8(13-11-7)12-3-1-2-4-12/h1-4H2. The second-order valence-corrected chi connectivity index (χ2v) is 4.07. The quantitative estimate of drug-likeness (QED) is 0.719. The van der Waals surface area contributed by atoms with E-state index in [0.717, 1.165) is 18.1 Å². The van der Waals surface area contributed by atoms with Gasteiger partial charge in [-0.25, -0.2) is 0 Å². The van der Waals surface area contributed by atoms with Crippen LogP contribution < -0.4 is 4.90 Å². The van der Waals surface area contributed by atoms with Crippen LogP contribution in [0.2, 0.25) is 5.15 Å². The molecule has 0 unspecified atom stereocenters. The van der Waals surface area contributed by atoms with Gasteiger partial charge in [0.05, 0.1) is 0 Å². The molecular formula is C8H8ClN3S. The third-order valence-electron chi connectivity index (χ3n) is 2.14. The molecule has 5 heteroatoms. The fourth-order valence-corrected chi connectivity index (χ4v) is 2.57. The number of aromatic nitrogens is 1. The van der Waals surface area contributed by atoms with Crippen LogP contribution in [0.3, 0.4) is 0 Å². The average molecular weight is 214 g/mol. The summed E-state index contributed by atoms with van der Waals surface area (Å²) in [6, 6.07) is 2.10. The van der Waals surface area contributed by atoms with Crippen molar-refractivity contribution >= 4 is 28.1 Å². The molecule has 2 heterocycles. The van der Waals surface area contributed by atoms with E-state index in [0.29, 0.717) is 10.7 Å². The van der Waals surface area contributed by atoms with Crippen LogP contribution in [-0.4, -0.2) is 17.5 Å². The van der Waals surface area contributed by atoms with Gasteiger partial charge in [-0.2, -0.15) is 9.64 Å². The molecule has 1 aliphatic rings.